The molecule has 1 rings (SSSR count). The van der Waals surface area contributed by atoms with Crippen LogP contribution in [0.3, 0.4) is 0 Å². The minimum Gasteiger partial charge on any atom is -0.392 e. The third kappa shape index (κ3) is 4.88. The SMILES string of the molecule is CC(O)CN(C(=O)CCc1ccsc1)C(C)C. The van der Waals surface area contributed by atoms with E-state index in [0.29, 0.717) is 13.0 Å². The number of amides is 1. The van der Waals surface area contributed by atoms with E-state index in [9.17, 15) is 9.90 Å². The Labute approximate surface area is 107 Å². The summed E-state index contributed by atoms with van der Waals surface area (Å²) in [7, 11) is 0. The maximum Gasteiger partial charge on any atom is 0.223 e. The molecule has 0 aliphatic heterocycles. The van der Waals surface area contributed by atoms with Crippen LogP contribution >= 0.6 is 11.3 Å². The van der Waals surface area contributed by atoms with Crippen molar-refractivity contribution in [3.05, 3.63) is 22.4 Å². The van der Waals surface area contributed by atoms with Gasteiger partial charge < -0.3 is 10.0 Å². The zero-order valence-corrected chi connectivity index (χ0v) is 11.5. The van der Waals surface area contributed by atoms with Gasteiger partial charge in [-0.05, 0) is 49.6 Å². The number of hydrogen-bond donors (Lipinski definition) is 1. The fourth-order valence-corrected chi connectivity index (χ4v) is 2.42. The van der Waals surface area contributed by atoms with Crippen LogP contribution in [0, 0.1) is 0 Å². The zero-order chi connectivity index (χ0) is 12.8. The molecule has 1 N–H and O–H groups in total. The number of nitrogens with zero attached hydrogens (tertiary/aromatic N) is 1. The van der Waals surface area contributed by atoms with Crippen molar-refractivity contribution in [3.63, 3.8) is 0 Å². The maximum absolute atomic E-state index is 12.0. The summed E-state index contributed by atoms with van der Waals surface area (Å²) in [5.41, 5.74) is 1.21. The summed E-state index contributed by atoms with van der Waals surface area (Å²) in [5.74, 6) is 0.118. The number of thiophene rings is 1. The van der Waals surface area contributed by atoms with Gasteiger partial charge in [0.25, 0.3) is 0 Å². The van der Waals surface area contributed by atoms with Gasteiger partial charge in [-0.15, -0.1) is 0 Å². The molecule has 0 radical (unpaired) electrons. The number of aliphatic hydroxyl groups excluding tert-OH is 1. The first kappa shape index (κ1) is 14.2. The highest BCUT2D eigenvalue weighted by molar-refractivity contribution is 7.07. The molecule has 1 heterocycles. The van der Waals surface area contributed by atoms with Crippen molar-refractivity contribution in [1.82, 2.24) is 4.90 Å². The molecule has 0 spiro atoms. The summed E-state index contributed by atoms with van der Waals surface area (Å²) in [5, 5.41) is 13.5. The first-order valence-electron chi connectivity index (χ1n) is 5.99. The second-order valence-electron chi connectivity index (χ2n) is 4.62. The Morgan fingerprint density at radius 2 is 2.18 bits per heavy atom. The van der Waals surface area contributed by atoms with Gasteiger partial charge in [-0.1, -0.05) is 0 Å². The Bertz CT molecular complexity index is 333. The van der Waals surface area contributed by atoms with Crippen molar-refractivity contribution < 1.29 is 9.90 Å². The predicted molar refractivity (Wildman–Crippen MR) is 71.2 cm³/mol. The third-order valence-corrected chi connectivity index (χ3v) is 3.34. The maximum atomic E-state index is 12.0. The number of aliphatic hydroxyl groups is 1. The molecule has 1 aromatic rings. The van der Waals surface area contributed by atoms with E-state index >= 15 is 0 Å². The number of carbonyl (C=O) groups is 1. The van der Waals surface area contributed by atoms with Crippen LogP contribution < -0.4 is 0 Å². The van der Waals surface area contributed by atoms with Gasteiger partial charge in [0.15, 0.2) is 0 Å². The van der Waals surface area contributed by atoms with Crippen LogP contribution in [0.1, 0.15) is 32.8 Å². The van der Waals surface area contributed by atoms with E-state index < -0.39 is 6.10 Å². The molecule has 0 saturated heterocycles. The average molecular weight is 255 g/mol. The second kappa shape index (κ2) is 6.77. The zero-order valence-electron chi connectivity index (χ0n) is 10.7. The number of hydrogen-bond acceptors (Lipinski definition) is 3. The Morgan fingerprint density at radius 1 is 1.47 bits per heavy atom. The minimum atomic E-state index is -0.470. The van der Waals surface area contributed by atoms with E-state index in [2.05, 4.69) is 5.38 Å². The molecular weight excluding hydrogens is 234 g/mol. The van der Waals surface area contributed by atoms with Crippen LogP contribution in [0.2, 0.25) is 0 Å². The van der Waals surface area contributed by atoms with E-state index in [-0.39, 0.29) is 11.9 Å². The van der Waals surface area contributed by atoms with Gasteiger partial charge in [0.2, 0.25) is 5.91 Å². The minimum absolute atomic E-state index is 0.118. The normalized spacial score (nSPS) is 12.8. The van der Waals surface area contributed by atoms with E-state index in [1.807, 2.05) is 25.3 Å². The van der Waals surface area contributed by atoms with Gasteiger partial charge in [-0.2, -0.15) is 11.3 Å². The Morgan fingerprint density at radius 3 is 2.65 bits per heavy atom. The number of rotatable bonds is 6. The van der Waals surface area contributed by atoms with Crippen molar-refractivity contribution in [2.24, 2.45) is 0 Å². The van der Waals surface area contributed by atoms with Crippen LogP contribution in [-0.4, -0.2) is 34.6 Å². The van der Waals surface area contributed by atoms with Crippen LogP contribution in [0.4, 0.5) is 0 Å². The first-order valence-corrected chi connectivity index (χ1v) is 6.93. The van der Waals surface area contributed by atoms with Crippen molar-refractivity contribution >= 4 is 17.2 Å². The molecule has 1 unspecified atom stereocenters. The Kier molecular flexibility index (Phi) is 5.65. The van der Waals surface area contributed by atoms with E-state index in [0.717, 1.165) is 6.42 Å². The van der Waals surface area contributed by atoms with E-state index in [1.165, 1.54) is 5.56 Å². The molecule has 0 fully saturated rings. The molecule has 1 atom stereocenters. The van der Waals surface area contributed by atoms with Crippen molar-refractivity contribution in [2.45, 2.75) is 45.8 Å². The highest BCUT2D eigenvalue weighted by Gasteiger charge is 2.18. The molecule has 1 aromatic heterocycles. The standard InChI is InChI=1S/C13H21NO2S/c1-10(2)14(8-11(3)15)13(16)5-4-12-6-7-17-9-12/h6-7,9-11,15H,4-5,8H2,1-3H3. The lowest BCUT2D eigenvalue weighted by Gasteiger charge is -2.28. The monoisotopic (exact) mass is 255 g/mol. The van der Waals surface area contributed by atoms with E-state index in [4.69, 9.17) is 0 Å². The molecule has 1 amide bonds. The van der Waals surface area contributed by atoms with Crippen LogP contribution in [0.25, 0.3) is 0 Å². The highest BCUT2D eigenvalue weighted by atomic mass is 32.1. The van der Waals surface area contributed by atoms with Gasteiger partial charge in [0.05, 0.1) is 6.10 Å². The molecule has 96 valence electrons. The van der Waals surface area contributed by atoms with Crippen molar-refractivity contribution in [1.29, 1.82) is 0 Å². The van der Waals surface area contributed by atoms with Crippen molar-refractivity contribution in [2.75, 3.05) is 6.54 Å². The largest absolute Gasteiger partial charge is 0.392 e. The average Bonchev–Trinajstić information content (AvgIpc) is 2.74. The lowest BCUT2D eigenvalue weighted by Crippen LogP contribution is -2.41. The van der Waals surface area contributed by atoms with Gasteiger partial charge in [-0.25, -0.2) is 0 Å². The smallest absolute Gasteiger partial charge is 0.223 e. The first-order chi connectivity index (χ1) is 8.00. The quantitative estimate of drug-likeness (QED) is 0.847. The molecule has 0 bridgehead atoms. The van der Waals surface area contributed by atoms with Gasteiger partial charge in [0, 0.05) is 19.0 Å². The topological polar surface area (TPSA) is 40.5 Å². The predicted octanol–water partition coefficient (Wildman–Crippen LogP) is 2.30. The van der Waals surface area contributed by atoms with E-state index in [1.54, 1.807) is 23.2 Å². The lowest BCUT2D eigenvalue weighted by molar-refractivity contribution is -0.134. The molecule has 4 heteroatoms. The summed E-state index contributed by atoms with van der Waals surface area (Å²) in [6, 6.07) is 2.19. The molecule has 0 aliphatic rings. The second-order valence-corrected chi connectivity index (χ2v) is 5.40. The Hall–Kier alpha value is -0.870. The summed E-state index contributed by atoms with van der Waals surface area (Å²) >= 11 is 1.65. The summed E-state index contributed by atoms with van der Waals surface area (Å²) in [6.45, 7) is 6.08. The molecular formula is C13H21NO2S. The van der Waals surface area contributed by atoms with Crippen LogP contribution in [0.5, 0.6) is 0 Å². The van der Waals surface area contributed by atoms with Gasteiger partial charge in [-0.3, -0.25) is 4.79 Å². The number of carbonyl (C=O) groups excluding carboxylic acids is 1. The fraction of sp³-hybridized carbons (Fsp3) is 0.615. The highest BCUT2D eigenvalue weighted by Crippen LogP contribution is 2.11. The molecule has 17 heavy (non-hydrogen) atoms. The molecule has 0 aromatic carbocycles. The van der Waals surface area contributed by atoms with Crippen LogP contribution in [-0.2, 0) is 11.2 Å². The van der Waals surface area contributed by atoms with Crippen LogP contribution in [0.15, 0.2) is 16.8 Å². The molecule has 0 aliphatic carbocycles. The summed E-state index contributed by atoms with van der Waals surface area (Å²) in [6.07, 6.45) is 0.829. The summed E-state index contributed by atoms with van der Waals surface area (Å²) in [4.78, 5) is 13.8. The fourth-order valence-electron chi connectivity index (χ4n) is 1.72. The molecule has 3 nitrogen and oxygen atoms in total. The third-order valence-electron chi connectivity index (χ3n) is 2.61. The number of aryl methyl sites for hydroxylation is 1. The summed E-state index contributed by atoms with van der Waals surface area (Å²) < 4.78 is 0. The van der Waals surface area contributed by atoms with Gasteiger partial charge >= 0.3 is 0 Å². The van der Waals surface area contributed by atoms with Gasteiger partial charge in [0.1, 0.15) is 0 Å². The molecule has 0 saturated carbocycles. The Balaban J connectivity index is 2.47. The lowest BCUT2D eigenvalue weighted by atomic mass is 10.1. The van der Waals surface area contributed by atoms with Crippen molar-refractivity contribution in [3.8, 4) is 0 Å².